The van der Waals surface area contributed by atoms with Gasteiger partial charge < -0.3 is 14.8 Å². The maximum absolute atomic E-state index is 12.2. The summed E-state index contributed by atoms with van der Waals surface area (Å²) in [5, 5.41) is 2.84. The van der Waals surface area contributed by atoms with Gasteiger partial charge in [-0.25, -0.2) is 0 Å². The second kappa shape index (κ2) is 7.97. The number of Topliss-reactive ketones (excluding diaryl/α,β-unsaturated/α-hetero) is 1. The van der Waals surface area contributed by atoms with Crippen molar-refractivity contribution in [3.05, 3.63) is 57.6 Å². The zero-order chi connectivity index (χ0) is 17.7. The van der Waals surface area contributed by atoms with Gasteiger partial charge in [-0.15, -0.1) is 0 Å². The van der Waals surface area contributed by atoms with Gasteiger partial charge in [0.15, 0.2) is 17.3 Å². The van der Waals surface area contributed by atoms with Crippen molar-refractivity contribution in [3.8, 4) is 11.5 Å². The highest BCUT2D eigenvalue weighted by Gasteiger charge is 2.12. The van der Waals surface area contributed by atoms with Crippen LogP contribution in [-0.2, 0) is 6.54 Å². The molecule has 0 fully saturated rings. The summed E-state index contributed by atoms with van der Waals surface area (Å²) in [6.45, 7) is 1.83. The Labute approximate surface area is 149 Å². The molecule has 24 heavy (non-hydrogen) atoms. The lowest BCUT2D eigenvalue weighted by Crippen LogP contribution is -2.22. The van der Waals surface area contributed by atoms with E-state index in [1.165, 1.54) is 6.92 Å². The van der Waals surface area contributed by atoms with E-state index >= 15 is 0 Å². The maximum Gasteiger partial charge on any atom is 0.251 e. The van der Waals surface area contributed by atoms with E-state index in [4.69, 9.17) is 9.47 Å². The van der Waals surface area contributed by atoms with E-state index in [1.54, 1.807) is 38.5 Å². The minimum absolute atomic E-state index is 0.0304. The Bertz CT molecular complexity index is 756. The van der Waals surface area contributed by atoms with Gasteiger partial charge in [0.2, 0.25) is 0 Å². The largest absolute Gasteiger partial charge is 0.493 e. The molecule has 0 bridgehead atoms. The molecular weight excluding hydrogens is 374 g/mol. The summed E-state index contributed by atoms with van der Waals surface area (Å²) in [6.07, 6.45) is 0. The van der Waals surface area contributed by atoms with Crippen LogP contribution in [0.15, 0.2) is 40.9 Å². The van der Waals surface area contributed by atoms with E-state index < -0.39 is 0 Å². The molecule has 0 heterocycles. The maximum atomic E-state index is 12.2. The first-order valence-electron chi connectivity index (χ1n) is 7.26. The molecule has 2 aromatic carbocycles. The highest BCUT2D eigenvalue weighted by molar-refractivity contribution is 9.10. The molecule has 2 rings (SSSR count). The topological polar surface area (TPSA) is 64.6 Å². The Balaban J connectivity index is 2.08. The summed E-state index contributed by atoms with van der Waals surface area (Å²) in [7, 11) is 3.12. The Morgan fingerprint density at radius 1 is 1.04 bits per heavy atom. The van der Waals surface area contributed by atoms with Crippen LogP contribution in [-0.4, -0.2) is 25.9 Å². The van der Waals surface area contributed by atoms with Crippen LogP contribution in [0.3, 0.4) is 0 Å². The van der Waals surface area contributed by atoms with Crippen LogP contribution in [0.2, 0.25) is 0 Å². The molecule has 0 aromatic heterocycles. The van der Waals surface area contributed by atoms with Crippen LogP contribution in [0, 0.1) is 0 Å². The number of benzene rings is 2. The molecule has 1 amide bonds. The molecule has 0 aliphatic rings. The summed E-state index contributed by atoms with van der Waals surface area (Å²) in [5.74, 6) is 0.947. The van der Waals surface area contributed by atoms with Gasteiger partial charge in [-0.2, -0.15) is 0 Å². The number of ketones is 1. The molecule has 6 heteroatoms. The van der Waals surface area contributed by atoms with Gasteiger partial charge in [-0.3, -0.25) is 9.59 Å². The van der Waals surface area contributed by atoms with Gasteiger partial charge >= 0.3 is 0 Å². The molecule has 0 atom stereocenters. The standard InChI is InChI=1S/C18H18BrNO4/c1-11(21)13-4-6-14(7-5-13)18(22)20-10-12-8-15(19)17(24-3)16(9-12)23-2/h4-9H,10H2,1-3H3,(H,20,22). The third kappa shape index (κ3) is 4.14. The summed E-state index contributed by atoms with van der Waals surface area (Å²) < 4.78 is 11.3. The number of halogens is 1. The van der Waals surface area contributed by atoms with E-state index in [-0.39, 0.29) is 11.7 Å². The first-order chi connectivity index (χ1) is 11.5. The molecule has 0 aliphatic heterocycles. The van der Waals surface area contributed by atoms with Crippen LogP contribution in [0.1, 0.15) is 33.2 Å². The number of methoxy groups -OCH3 is 2. The summed E-state index contributed by atoms with van der Waals surface area (Å²) >= 11 is 3.42. The lowest BCUT2D eigenvalue weighted by Gasteiger charge is -2.12. The lowest BCUT2D eigenvalue weighted by molar-refractivity contribution is 0.0948. The summed E-state index contributed by atoms with van der Waals surface area (Å²) in [6, 6.07) is 10.2. The molecule has 5 nitrogen and oxygen atoms in total. The number of nitrogens with one attached hydrogen (secondary N) is 1. The molecule has 0 aliphatic carbocycles. The van der Waals surface area contributed by atoms with Gasteiger partial charge in [0.05, 0.1) is 18.7 Å². The number of carbonyl (C=O) groups is 2. The molecule has 0 radical (unpaired) electrons. The minimum Gasteiger partial charge on any atom is -0.493 e. The molecule has 2 aromatic rings. The molecule has 126 valence electrons. The fourth-order valence-corrected chi connectivity index (χ4v) is 2.87. The smallest absolute Gasteiger partial charge is 0.251 e. The molecule has 0 unspecified atom stereocenters. The lowest BCUT2D eigenvalue weighted by atomic mass is 10.1. The predicted molar refractivity (Wildman–Crippen MR) is 94.9 cm³/mol. The van der Waals surface area contributed by atoms with Crippen molar-refractivity contribution in [1.82, 2.24) is 5.32 Å². The van der Waals surface area contributed by atoms with Crippen molar-refractivity contribution in [2.45, 2.75) is 13.5 Å². The third-order valence-electron chi connectivity index (χ3n) is 3.50. The van der Waals surface area contributed by atoms with Crippen LogP contribution < -0.4 is 14.8 Å². The summed E-state index contributed by atoms with van der Waals surface area (Å²) in [4.78, 5) is 23.5. The van der Waals surface area contributed by atoms with E-state index in [0.29, 0.717) is 29.2 Å². The Kier molecular flexibility index (Phi) is 5.98. The van der Waals surface area contributed by atoms with Crippen LogP contribution in [0.5, 0.6) is 11.5 Å². The molecule has 1 N–H and O–H groups in total. The normalized spacial score (nSPS) is 10.2. The van der Waals surface area contributed by atoms with Crippen LogP contribution in [0.4, 0.5) is 0 Å². The van der Waals surface area contributed by atoms with Crippen molar-refractivity contribution in [2.24, 2.45) is 0 Å². The number of rotatable bonds is 6. The predicted octanol–water partition coefficient (Wildman–Crippen LogP) is 3.60. The van der Waals surface area contributed by atoms with E-state index in [0.717, 1.165) is 10.0 Å². The van der Waals surface area contributed by atoms with Crippen LogP contribution >= 0.6 is 15.9 Å². The molecule has 0 saturated heterocycles. The highest BCUT2D eigenvalue weighted by atomic mass is 79.9. The minimum atomic E-state index is -0.212. The SMILES string of the molecule is COc1cc(CNC(=O)c2ccc(C(C)=O)cc2)cc(Br)c1OC. The van der Waals surface area contributed by atoms with Crippen molar-refractivity contribution in [1.29, 1.82) is 0 Å². The van der Waals surface area contributed by atoms with Crippen molar-refractivity contribution >= 4 is 27.6 Å². The van der Waals surface area contributed by atoms with E-state index in [9.17, 15) is 9.59 Å². The van der Waals surface area contributed by atoms with E-state index in [1.807, 2.05) is 12.1 Å². The fraction of sp³-hybridized carbons (Fsp3) is 0.222. The van der Waals surface area contributed by atoms with Gasteiger partial charge in [0, 0.05) is 17.7 Å². The first-order valence-corrected chi connectivity index (χ1v) is 8.05. The highest BCUT2D eigenvalue weighted by Crippen LogP contribution is 2.36. The number of hydrogen-bond donors (Lipinski definition) is 1. The van der Waals surface area contributed by atoms with Gasteiger partial charge in [-0.05, 0) is 52.7 Å². The fourth-order valence-electron chi connectivity index (χ4n) is 2.21. The van der Waals surface area contributed by atoms with Crippen LogP contribution in [0.25, 0.3) is 0 Å². The van der Waals surface area contributed by atoms with Crippen molar-refractivity contribution in [3.63, 3.8) is 0 Å². The molecule has 0 saturated carbocycles. The first kappa shape index (κ1) is 18.0. The number of ether oxygens (including phenoxy) is 2. The second-order valence-electron chi connectivity index (χ2n) is 5.13. The molecular formula is C18H18BrNO4. The van der Waals surface area contributed by atoms with Crippen molar-refractivity contribution < 1.29 is 19.1 Å². The average Bonchev–Trinajstić information content (AvgIpc) is 2.59. The monoisotopic (exact) mass is 391 g/mol. The Morgan fingerprint density at radius 2 is 1.67 bits per heavy atom. The van der Waals surface area contributed by atoms with Gasteiger partial charge in [-0.1, -0.05) is 12.1 Å². The Hall–Kier alpha value is -2.34. The average molecular weight is 392 g/mol. The van der Waals surface area contributed by atoms with Gasteiger partial charge in [0.25, 0.3) is 5.91 Å². The number of hydrogen-bond acceptors (Lipinski definition) is 4. The molecule has 0 spiro atoms. The zero-order valence-electron chi connectivity index (χ0n) is 13.7. The zero-order valence-corrected chi connectivity index (χ0v) is 15.3. The number of amides is 1. The second-order valence-corrected chi connectivity index (χ2v) is 5.98. The van der Waals surface area contributed by atoms with Gasteiger partial charge in [0.1, 0.15) is 0 Å². The third-order valence-corrected chi connectivity index (χ3v) is 4.09. The number of carbonyl (C=O) groups excluding carboxylic acids is 2. The summed E-state index contributed by atoms with van der Waals surface area (Å²) in [5.41, 5.74) is 1.95. The van der Waals surface area contributed by atoms with E-state index in [2.05, 4.69) is 21.2 Å². The quantitative estimate of drug-likeness (QED) is 0.764. The van der Waals surface area contributed by atoms with Crippen molar-refractivity contribution in [2.75, 3.05) is 14.2 Å². The Morgan fingerprint density at radius 3 is 2.21 bits per heavy atom.